The van der Waals surface area contributed by atoms with Gasteiger partial charge in [0.05, 0.1) is 6.61 Å². The number of phenols is 1. The van der Waals surface area contributed by atoms with Gasteiger partial charge in [-0.05, 0) is 99.3 Å². The number of rotatable bonds is 8. The Kier molecular flexibility index (Phi) is 7.65. The van der Waals surface area contributed by atoms with E-state index in [1.165, 1.54) is 49.3 Å². The molecule has 2 N–H and O–H groups in total. The molecule has 3 aliphatic rings. The van der Waals surface area contributed by atoms with E-state index in [-0.39, 0.29) is 17.9 Å². The van der Waals surface area contributed by atoms with E-state index in [0.29, 0.717) is 17.7 Å². The van der Waals surface area contributed by atoms with Gasteiger partial charge in [-0.1, -0.05) is 37.1 Å². The molecule has 2 fully saturated rings. The van der Waals surface area contributed by atoms with E-state index in [1.54, 1.807) is 6.92 Å². The van der Waals surface area contributed by atoms with Crippen molar-refractivity contribution >= 4 is 17.6 Å². The van der Waals surface area contributed by atoms with Gasteiger partial charge in [0.2, 0.25) is 5.91 Å². The SMILES string of the molecule is CCOC(=O)/C=C/C(=O)Nc1ccccc1CCCN1CC[C@]23CCCC[C@H]2[C@H]1Cc1ccc(O)cc13. The van der Waals surface area contributed by atoms with E-state index in [4.69, 9.17) is 4.74 Å². The average molecular weight is 503 g/mol. The standard InChI is InChI=1S/C31H38N2O4/c1-2-37-30(36)15-14-29(35)32-27-11-4-3-8-22(27)9-7-18-33-19-17-31-16-6-5-10-25(31)28(33)20-23-12-13-24(34)21-26(23)31/h3-4,8,11-15,21,25,28,34H,2,5-7,9-10,16-20H2,1H3,(H,32,35)/b15-14+/t25-,28+,31+/m0/s1. The number of carbonyl (C=O) groups is 2. The second-order valence-corrected chi connectivity index (χ2v) is 10.7. The number of piperidine rings is 1. The first-order chi connectivity index (χ1) is 18.0. The highest BCUT2D eigenvalue weighted by Crippen LogP contribution is 2.56. The van der Waals surface area contributed by atoms with Crippen molar-refractivity contribution in [3.05, 3.63) is 71.3 Å². The van der Waals surface area contributed by atoms with Gasteiger partial charge in [-0.25, -0.2) is 4.79 Å². The van der Waals surface area contributed by atoms with Crippen LogP contribution in [0.5, 0.6) is 5.75 Å². The lowest BCUT2D eigenvalue weighted by Gasteiger charge is -2.59. The number of para-hydroxylation sites is 1. The summed E-state index contributed by atoms with van der Waals surface area (Å²) >= 11 is 0. The van der Waals surface area contributed by atoms with E-state index >= 15 is 0 Å². The van der Waals surface area contributed by atoms with E-state index in [0.717, 1.165) is 49.7 Å². The highest BCUT2D eigenvalue weighted by atomic mass is 16.5. The molecule has 0 spiro atoms. The summed E-state index contributed by atoms with van der Waals surface area (Å²) < 4.78 is 4.84. The second kappa shape index (κ2) is 11.1. The van der Waals surface area contributed by atoms with E-state index < -0.39 is 5.97 Å². The summed E-state index contributed by atoms with van der Waals surface area (Å²) in [5.74, 6) is 0.219. The lowest BCUT2D eigenvalue weighted by atomic mass is 9.52. The molecule has 5 rings (SSSR count). The molecule has 1 heterocycles. The van der Waals surface area contributed by atoms with Crippen molar-refractivity contribution in [2.24, 2.45) is 5.92 Å². The van der Waals surface area contributed by atoms with Crippen LogP contribution in [0.15, 0.2) is 54.6 Å². The predicted octanol–water partition coefficient (Wildman–Crippen LogP) is 5.14. The van der Waals surface area contributed by atoms with Crippen LogP contribution in [-0.2, 0) is 32.6 Å². The van der Waals surface area contributed by atoms with Gasteiger partial charge < -0.3 is 15.2 Å². The van der Waals surface area contributed by atoms with Crippen LogP contribution in [0.1, 0.15) is 62.1 Å². The number of nitrogens with zero attached hydrogens (tertiary/aromatic N) is 1. The van der Waals surface area contributed by atoms with Gasteiger partial charge in [0.15, 0.2) is 0 Å². The summed E-state index contributed by atoms with van der Waals surface area (Å²) in [4.78, 5) is 26.6. The van der Waals surface area contributed by atoms with Crippen molar-refractivity contribution in [3.63, 3.8) is 0 Å². The first kappa shape index (κ1) is 25.5. The fraction of sp³-hybridized carbons (Fsp3) is 0.484. The third kappa shape index (κ3) is 5.30. The molecule has 0 unspecified atom stereocenters. The number of fused-ring (bicyclic) bond motifs is 1. The first-order valence-corrected chi connectivity index (χ1v) is 13.8. The Morgan fingerprint density at radius 3 is 2.89 bits per heavy atom. The smallest absolute Gasteiger partial charge is 0.330 e. The third-order valence-corrected chi connectivity index (χ3v) is 8.76. The molecule has 2 aliphatic carbocycles. The Labute approximate surface area is 219 Å². The molecule has 1 saturated carbocycles. The number of likely N-dealkylation sites (tertiary alicyclic amines) is 1. The van der Waals surface area contributed by atoms with Crippen LogP contribution in [-0.4, -0.2) is 47.6 Å². The van der Waals surface area contributed by atoms with Gasteiger partial charge in [0, 0.05) is 29.3 Å². The van der Waals surface area contributed by atoms with Crippen molar-refractivity contribution in [2.75, 3.05) is 25.0 Å². The minimum absolute atomic E-state index is 0.236. The zero-order valence-electron chi connectivity index (χ0n) is 21.7. The maximum Gasteiger partial charge on any atom is 0.330 e. The number of phenolic OH excluding ortho intramolecular Hbond substituents is 1. The molecule has 0 radical (unpaired) electrons. The summed E-state index contributed by atoms with van der Waals surface area (Å²) in [7, 11) is 0. The Hall–Kier alpha value is -3.12. The predicted molar refractivity (Wildman–Crippen MR) is 145 cm³/mol. The third-order valence-electron chi connectivity index (χ3n) is 8.76. The van der Waals surface area contributed by atoms with Gasteiger partial charge in [0.25, 0.3) is 0 Å². The molecule has 37 heavy (non-hydrogen) atoms. The second-order valence-electron chi connectivity index (χ2n) is 10.7. The first-order valence-electron chi connectivity index (χ1n) is 13.8. The van der Waals surface area contributed by atoms with E-state index in [2.05, 4.69) is 28.4 Å². The van der Waals surface area contributed by atoms with Crippen molar-refractivity contribution in [1.29, 1.82) is 0 Å². The molecule has 3 atom stereocenters. The number of carbonyl (C=O) groups excluding carboxylic acids is 2. The number of anilines is 1. The van der Waals surface area contributed by atoms with E-state index in [9.17, 15) is 14.7 Å². The highest BCUT2D eigenvalue weighted by Gasteiger charge is 2.53. The van der Waals surface area contributed by atoms with Crippen molar-refractivity contribution in [1.82, 2.24) is 4.90 Å². The number of esters is 1. The molecule has 1 saturated heterocycles. The number of aryl methyl sites for hydroxylation is 1. The topological polar surface area (TPSA) is 78.9 Å². The molecule has 2 bridgehead atoms. The molecule has 6 nitrogen and oxygen atoms in total. The Morgan fingerprint density at radius 1 is 1.16 bits per heavy atom. The number of nitrogens with one attached hydrogen (secondary N) is 1. The lowest BCUT2D eigenvalue weighted by Crippen LogP contribution is -2.61. The summed E-state index contributed by atoms with van der Waals surface area (Å²) in [6.45, 7) is 4.16. The number of hydrogen-bond donors (Lipinski definition) is 2. The van der Waals surface area contributed by atoms with E-state index in [1.807, 2.05) is 24.3 Å². The van der Waals surface area contributed by atoms with Crippen LogP contribution in [0.25, 0.3) is 0 Å². The minimum Gasteiger partial charge on any atom is -0.508 e. The molecule has 1 aliphatic heterocycles. The maximum atomic E-state index is 12.3. The fourth-order valence-electron chi connectivity index (χ4n) is 7.19. The van der Waals surface area contributed by atoms with Gasteiger partial charge in [0.1, 0.15) is 5.75 Å². The van der Waals surface area contributed by atoms with Crippen molar-refractivity contribution in [3.8, 4) is 5.75 Å². The normalized spacial score (nSPS) is 24.8. The average Bonchev–Trinajstić information content (AvgIpc) is 2.90. The van der Waals surface area contributed by atoms with Crippen molar-refractivity contribution < 1.29 is 19.4 Å². The van der Waals surface area contributed by atoms with Gasteiger partial charge >= 0.3 is 5.97 Å². The largest absolute Gasteiger partial charge is 0.508 e. The van der Waals surface area contributed by atoms with Crippen LogP contribution < -0.4 is 5.32 Å². The number of amides is 1. The van der Waals surface area contributed by atoms with Crippen molar-refractivity contribution in [2.45, 2.75) is 69.7 Å². The summed E-state index contributed by atoms with van der Waals surface area (Å²) in [5, 5.41) is 13.2. The number of ether oxygens (including phenoxy) is 1. The Balaban J connectivity index is 1.23. The Morgan fingerprint density at radius 2 is 2.03 bits per heavy atom. The Bertz CT molecular complexity index is 1180. The quantitative estimate of drug-likeness (QED) is 0.386. The molecule has 2 aromatic carbocycles. The molecular weight excluding hydrogens is 464 g/mol. The molecule has 196 valence electrons. The summed E-state index contributed by atoms with van der Waals surface area (Å²) in [6.07, 6.45) is 11.6. The van der Waals surface area contributed by atoms with Gasteiger partial charge in [-0.3, -0.25) is 9.69 Å². The van der Waals surface area contributed by atoms with Crippen LogP contribution in [0.3, 0.4) is 0 Å². The summed E-state index contributed by atoms with van der Waals surface area (Å²) in [5.41, 5.74) is 4.98. The summed E-state index contributed by atoms with van der Waals surface area (Å²) in [6, 6.07) is 14.5. The number of hydrogen-bond acceptors (Lipinski definition) is 5. The lowest BCUT2D eigenvalue weighted by molar-refractivity contribution is -0.137. The number of benzene rings is 2. The molecule has 1 amide bonds. The zero-order valence-corrected chi connectivity index (χ0v) is 21.7. The number of aromatic hydroxyl groups is 1. The van der Waals surface area contributed by atoms with Crippen LogP contribution in [0.4, 0.5) is 5.69 Å². The monoisotopic (exact) mass is 502 g/mol. The molecular formula is C31H38N2O4. The molecule has 0 aromatic heterocycles. The maximum absolute atomic E-state index is 12.3. The van der Waals surface area contributed by atoms with Crippen LogP contribution >= 0.6 is 0 Å². The van der Waals surface area contributed by atoms with Gasteiger partial charge in [-0.2, -0.15) is 0 Å². The fourth-order valence-corrected chi connectivity index (χ4v) is 7.19. The molecule has 6 heteroatoms. The highest BCUT2D eigenvalue weighted by molar-refractivity contribution is 6.02. The van der Waals surface area contributed by atoms with Gasteiger partial charge in [-0.15, -0.1) is 0 Å². The van der Waals surface area contributed by atoms with Crippen LogP contribution in [0, 0.1) is 5.92 Å². The molecule has 2 aromatic rings. The zero-order chi connectivity index (χ0) is 25.8. The minimum atomic E-state index is -0.517. The van der Waals surface area contributed by atoms with Crippen LogP contribution in [0.2, 0.25) is 0 Å².